The van der Waals surface area contributed by atoms with Crippen molar-refractivity contribution in [2.24, 2.45) is 5.92 Å². The molecule has 2 rings (SSSR count). The third-order valence-corrected chi connectivity index (χ3v) is 3.74. The fourth-order valence-electron chi connectivity index (χ4n) is 2.74. The number of likely N-dealkylation sites (tertiary alicyclic amines) is 1. The van der Waals surface area contributed by atoms with E-state index in [4.69, 9.17) is 0 Å². The number of rotatable bonds is 2. The van der Waals surface area contributed by atoms with E-state index >= 15 is 0 Å². The van der Waals surface area contributed by atoms with Crippen molar-refractivity contribution in [3.8, 4) is 0 Å². The van der Waals surface area contributed by atoms with Crippen LogP contribution in [-0.2, 0) is 0 Å². The van der Waals surface area contributed by atoms with Crippen molar-refractivity contribution >= 4 is 6.03 Å². The molecule has 2 aliphatic heterocycles. The van der Waals surface area contributed by atoms with Gasteiger partial charge in [-0.1, -0.05) is 0 Å². The number of hydrogen-bond acceptors (Lipinski definition) is 3. The zero-order chi connectivity index (χ0) is 12.3. The summed E-state index contributed by atoms with van der Waals surface area (Å²) in [5.41, 5.74) is 0. The minimum Gasteiger partial charge on any atom is -0.327 e. The maximum Gasteiger partial charge on any atom is 0.319 e. The summed E-state index contributed by atoms with van der Waals surface area (Å²) in [6.45, 7) is 6.71. The van der Waals surface area contributed by atoms with Gasteiger partial charge in [-0.2, -0.15) is 0 Å². The number of carbonyl (C=O) groups is 1. The highest BCUT2D eigenvalue weighted by Gasteiger charge is 2.25. The first-order chi connectivity index (χ1) is 8.16. The van der Waals surface area contributed by atoms with Crippen LogP contribution in [0.5, 0.6) is 0 Å². The molecule has 0 spiro atoms. The van der Waals surface area contributed by atoms with E-state index in [1.165, 1.54) is 13.0 Å². The smallest absolute Gasteiger partial charge is 0.319 e. The van der Waals surface area contributed by atoms with E-state index < -0.39 is 0 Å². The van der Waals surface area contributed by atoms with Gasteiger partial charge in [-0.3, -0.25) is 0 Å². The van der Waals surface area contributed by atoms with E-state index in [2.05, 4.69) is 17.3 Å². The molecule has 17 heavy (non-hydrogen) atoms. The molecular formula is C12H24N4O. The predicted molar refractivity (Wildman–Crippen MR) is 68.1 cm³/mol. The van der Waals surface area contributed by atoms with Crippen LogP contribution < -0.4 is 5.32 Å². The van der Waals surface area contributed by atoms with E-state index in [-0.39, 0.29) is 6.03 Å². The van der Waals surface area contributed by atoms with Gasteiger partial charge in [0.25, 0.3) is 0 Å². The number of amides is 2. The molecule has 5 heteroatoms. The first-order valence-electron chi connectivity index (χ1n) is 6.56. The Morgan fingerprint density at radius 3 is 2.65 bits per heavy atom. The van der Waals surface area contributed by atoms with Crippen molar-refractivity contribution in [2.45, 2.75) is 6.42 Å². The van der Waals surface area contributed by atoms with Gasteiger partial charge in [-0.25, -0.2) is 4.79 Å². The van der Waals surface area contributed by atoms with Crippen LogP contribution >= 0.6 is 0 Å². The van der Waals surface area contributed by atoms with Crippen LogP contribution in [0, 0.1) is 5.92 Å². The molecular weight excluding hydrogens is 216 g/mol. The van der Waals surface area contributed by atoms with Crippen LogP contribution in [0.4, 0.5) is 4.79 Å². The molecule has 0 radical (unpaired) electrons. The Bertz CT molecular complexity index is 265. The standard InChI is InChI=1S/C12H24N4O/c1-14-6-3-11(9-14)10-15(2)12(17)16-7-4-13-5-8-16/h11,13H,3-10H2,1-2H3. The lowest BCUT2D eigenvalue weighted by Gasteiger charge is -2.32. The average molecular weight is 240 g/mol. The lowest BCUT2D eigenvalue weighted by atomic mass is 10.1. The monoisotopic (exact) mass is 240 g/mol. The van der Waals surface area contributed by atoms with Gasteiger partial charge in [0.05, 0.1) is 0 Å². The van der Waals surface area contributed by atoms with Crippen LogP contribution in [0.15, 0.2) is 0 Å². The van der Waals surface area contributed by atoms with Gasteiger partial charge in [-0.05, 0) is 25.9 Å². The molecule has 2 heterocycles. The van der Waals surface area contributed by atoms with Crippen LogP contribution in [0.2, 0.25) is 0 Å². The first kappa shape index (κ1) is 12.6. The SMILES string of the molecule is CN1CCC(CN(C)C(=O)N2CCNCC2)C1. The Kier molecular flexibility index (Phi) is 4.23. The highest BCUT2D eigenvalue weighted by Crippen LogP contribution is 2.15. The highest BCUT2D eigenvalue weighted by atomic mass is 16.2. The van der Waals surface area contributed by atoms with Crippen LogP contribution in [0.25, 0.3) is 0 Å². The minimum atomic E-state index is 0.195. The lowest BCUT2D eigenvalue weighted by molar-refractivity contribution is 0.150. The molecule has 0 aromatic rings. The predicted octanol–water partition coefficient (Wildman–Crippen LogP) is -0.105. The first-order valence-corrected chi connectivity index (χ1v) is 6.56. The Morgan fingerprint density at radius 2 is 2.06 bits per heavy atom. The number of carbonyl (C=O) groups excluding carboxylic acids is 1. The molecule has 1 atom stereocenters. The van der Waals surface area contributed by atoms with E-state index in [9.17, 15) is 4.79 Å². The van der Waals surface area contributed by atoms with Crippen LogP contribution in [0.1, 0.15) is 6.42 Å². The maximum absolute atomic E-state index is 12.2. The number of urea groups is 1. The molecule has 0 bridgehead atoms. The number of hydrogen-bond donors (Lipinski definition) is 1. The fourth-order valence-corrected chi connectivity index (χ4v) is 2.74. The molecule has 1 unspecified atom stereocenters. The molecule has 5 nitrogen and oxygen atoms in total. The Hall–Kier alpha value is -0.810. The average Bonchev–Trinajstić information content (AvgIpc) is 2.75. The normalized spacial score (nSPS) is 26.2. The second-order valence-electron chi connectivity index (χ2n) is 5.32. The molecule has 2 saturated heterocycles. The van der Waals surface area contributed by atoms with E-state index in [1.54, 1.807) is 0 Å². The van der Waals surface area contributed by atoms with Crippen molar-refractivity contribution in [3.63, 3.8) is 0 Å². The number of piperazine rings is 1. The van der Waals surface area contributed by atoms with Crippen molar-refractivity contribution in [3.05, 3.63) is 0 Å². The molecule has 2 fully saturated rings. The minimum absolute atomic E-state index is 0.195. The number of nitrogens with zero attached hydrogens (tertiary/aromatic N) is 3. The molecule has 0 aliphatic carbocycles. The molecule has 0 aromatic carbocycles. The second-order valence-corrected chi connectivity index (χ2v) is 5.32. The third kappa shape index (κ3) is 3.33. The molecule has 0 aromatic heterocycles. The fraction of sp³-hybridized carbons (Fsp3) is 0.917. The summed E-state index contributed by atoms with van der Waals surface area (Å²) < 4.78 is 0. The summed E-state index contributed by atoms with van der Waals surface area (Å²) in [5, 5.41) is 3.27. The zero-order valence-electron chi connectivity index (χ0n) is 11.0. The van der Waals surface area contributed by atoms with Gasteiger partial charge in [0.15, 0.2) is 0 Å². The van der Waals surface area contributed by atoms with Crippen molar-refractivity contribution < 1.29 is 4.79 Å². The second kappa shape index (κ2) is 5.69. The topological polar surface area (TPSA) is 38.8 Å². The summed E-state index contributed by atoms with van der Waals surface area (Å²) >= 11 is 0. The molecule has 1 N–H and O–H groups in total. The van der Waals surface area contributed by atoms with E-state index in [0.29, 0.717) is 5.92 Å². The maximum atomic E-state index is 12.2. The van der Waals surface area contributed by atoms with Gasteiger partial charge < -0.3 is 20.0 Å². The summed E-state index contributed by atoms with van der Waals surface area (Å²) in [6, 6.07) is 0.195. The van der Waals surface area contributed by atoms with Crippen molar-refractivity contribution in [1.29, 1.82) is 0 Å². The van der Waals surface area contributed by atoms with Gasteiger partial charge >= 0.3 is 6.03 Å². The molecule has 0 saturated carbocycles. The lowest BCUT2D eigenvalue weighted by Crippen LogP contribution is -2.51. The summed E-state index contributed by atoms with van der Waals surface area (Å²) in [6.07, 6.45) is 1.22. The quantitative estimate of drug-likeness (QED) is 0.732. The molecule has 98 valence electrons. The van der Waals surface area contributed by atoms with E-state index in [0.717, 1.165) is 39.3 Å². The largest absolute Gasteiger partial charge is 0.327 e. The van der Waals surface area contributed by atoms with Gasteiger partial charge in [0.2, 0.25) is 0 Å². The van der Waals surface area contributed by atoms with Gasteiger partial charge in [0.1, 0.15) is 0 Å². The Morgan fingerprint density at radius 1 is 1.35 bits per heavy atom. The zero-order valence-corrected chi connectivity index (χ0v) is 11.0. The van der Waals surface area contributed by atoms with Crippen molar-refractivity contribution in [1.82, 2.24) is 20.0 Å². The summed E-state index contributed by atoms with van der Waals surface area (Å²) in [5.74, 6) is 0.650. The Labute approximate surface area is 104 Å². The van der Waals surface area contributed by atoms with E-state index in [1.807, 2.05) is 16.8 Å². The van der Waals surface area contributed by atoms with Gasteiger partial charge in [-0.15, -0.1) is 0 Å². The highest BCUT2D eigenvalue weighted by molar-refractivity contribution is 5.74. The van der Waals surface area contributed by atoms with Crippen LogP contribution in [0.3, 0.4) is 0 Å². The summed E-state index contributed by atoms with van der Waals surface area (Å²) in [4.78, 5) is 18.4. The van der Waals surface area contributed by atoms with Gasteiger partial charge in [0, 0.05) is 46.3 Å². The number of nitrogens with one attached hydrogen (secondary N) is 1. The third-order valence-electron chi connectivity index (χ3n) is 3.74. The Balaban J connectivity index is 1.78. The molecule has 2 amide bonds. The summed E-state index contributed by atoms with van der Waals surface area (Å²) in [7, 11) is 4.08. The van der Waals surface area contributed by atoms with Crippen LogP contribution in [-0.4, -0.2) is 80.6 Å². The van der Waals surface area contributed by atoms with Crippen molar-refractivity contribution in [2.75, 3.05) is 59.9 Å². The molecule has 2 aliphatic rings.